The van der Waals surface area contributed by atoms with Crippen molar-refractivity contribution in [3.05, 3.63) is 95.8 Å². The Hall–Kier alpha value is -3.95. The molecule has 40 heavy (non-hydrogen) atoms. The van der Waals surface area contributed by atoms with E-state index in [1.807, 2.05) is 19.1 Å². The highest BCUT2D eigenvalue weighted by Gasteiger charge is 2.23. The zero-order valence-electron chi connectivity index (χ0n) is 22.7. The Labute approximate surface area is 234 Å². The molecule has 4 aromatic rings. The van der Waals surface area contributed by atoms with Crippen LogP contribution in [0.1, 0.15) is 29.3 Å². The molecule has 208 valence electrons. The lowest BCUT2D eigenvalue weighted by Gasteiger charge is -2.36. The molecule has 0 unspecified atom stereocenters. The van der Waals surface area contributed by atoms with Gasteiger partial charge in [0.2, 0.25) is 0 Å². The number of benzene rings is 4. The SMILES string of the molecule is CCCN1CCN(c2ccc(F)c(NS(=O)(=O)c3ccc(NC(=O)c4ccccc4C)c4ccccc34)c2)CC1. The van der Waals surface area contributed by atoms with Crippen LogP contribution in [-0.4, -0.2) is 51.9 Å². The summed E-state index contributed by atoms with van der Waals surface area (Å²) in [7, 11) is -4.16. The number of carbonyl (C=O) groups excluding carboxylic acids is 1. The third kappa shape index (κ3) is 5.80. The highest BCUT2D eigenvalue weighted by molar-refractivity contribution is 7.93. The second-order valence-electron chi connectivity index (χ2n) is 10.0. The number of rotatable bonds is 8. The van der Waals surface area contributed by atoms with Crippen LogP contribution in [0.5, 0.6) is 0 Å². The Morgan fingerprint density at radius 3 is 2.30 bits per heavy atom. The van der Waals surface area contributed by atoms with Crippen molar-refractivity contribution in [2.24, 2.45) is 0 Å². The van der Waals surface area contributed by atoms with Crippen LogP contribution >= 0.6 is 0 Å². The minimum atomic E-state index is -4.16. The van der Waals surface area contributed by atoms with Gasteiger partial charge in [0.25, 0.3) is 15.9 Å². The molecule has 0 aliphatic carbocycles. The number of halogens is 1. The van der Waals surface area contributed by atoms with E-state index in [9.17, 15) is 17.6 Å². The third-order valence-corrected chi connectivity index (χ3v) is 8.71. The number of piperazine rings is 1. The molecule has 0 aromatic heterocycles. The van der Waals surface area contributed by atoms with E-state index in [0.29, 0.717) is 22.0 Å². The van der Waals surface area contributed by atoms with Crippen LogP contribution in [0.4, 0.5) is 21.5 Å². The summed E-state index contributed by atoms with van der Waals surface area (Å²) in [5, 5.41) is 3.89. The lowest BCUT2D eigenvalue weighted by Crippen LogP contribution is -2.46. The first-order valence-electron chi connectivity index (χ1n) is 13.4. The number of aryl methyl sites for hydroxylation is 1. The number of carbonyl (C=O) groups is 1. The average molecular weight is 561 g/mol. The zero-order valence-corrected chi connectivity index (χ0v) is 23.5. The second-order valence-corrected chi connectivity index (χ2v) is 11.7. The first kappa shape index (κ1) is 27.6. The summed E-state index contributed by atoms with van der Waals surface area (Å²) < 4.78 is 44.5. The molecule has 0 radical (unpaired) electrons. The van der Waals surface area contributed by atoms with Crippen molar-refractivity contribution < 1.29 is 17.6 Å². The number of nitrogens with zero attached hydrogens (tertiary/aromatic N) is 2. The van der Waals surface area contributed by atoms with E-state index < -0.39 is 15.8 Å². The smallest absolute Gasteiger partial charge is 0.262 e. The monoisotopic (exact) mass is 560 g/mol. The van der Waals surface area contributed by atoms with E-state index in [-0.39, 0.29) is 16.5 Å². The molecule has 7 nitrogen and oxygen atoms in total. The van der Waals surface area contributed by atoms with E-state index >= 15 is 0 Å². The fourth-order valence-electron chi connectivity index (χ4n) is 5.17. The van der Waals surface area contributed by atoms with Gasteiger partial charge in [-0.15, -0.1) is 0 Å². The summed E-state index contributed by atoms with van der Waals surface area (Å²) in [5.41, 5.74) is 2.52. The quantitative estimate of drug-likeness (QED) is 0.282. The summed E-state index contributed by atoms with van der Waals surface area (Å²) in [6.07, 6.45) is 1.09. The van der Waals surface area contributed by atoms with Crippen molar-refractivity contribution in [2.75, 3.05) is 47.7 Å². The third-order valence-electron chi connectivity index (χ3n) is 7.28. The van der Waals surface area contributed by atoms with Gasteiger partial charge in [0.05, 0.1) is 10.6 Å². The van der Waals surface area contributed by atoms with E-state index in [2.05, 4.69) is 26.8 Å². The molecule has 1 aliphatic rings. The Bertz CT molecular complexity index is 1650. The fraction of sp³-hybridized carbons (Fsp3) is 0.258. The van der Waals surface area contributed by atoms with Gasteiger partial charge in [0, 0.05) is 53.9 Å². The molecule has 1 fully saturated rings. The summed E-state index contributed by atoms with van der Waals surface area (Å²) in [6, 6.07) is 21.7. The predicted octanol–water partition coefficient (Wildman–Crippen LogP) is 5.87. The van der Waals surface area contributed by atoms with Gasteiger partial charge < -0.3 is 10.2 Å². The zero-order chi connectivity index (χ0) is 28.3. The summed E-state index contributed by atoms with van der Waals surface area (Å²) in [4.78, 5) is 17.5. The van der Waals surface area contributed by atoms with Gasteiger partial charge in [0.15, 0.2) is 0 Å². The van der Waals surface area contributed by atoms with Crippen molar-refractivity contribution in [3.63, 3.8) is 0 Å². The van der Waals surface area contributed by atoms with Gasteiger partial charge in [-0.2, -0.15) is 0 Å². The standard InChI is InChI=1S/C31H33FN4O3S/c1-3-16-35-17-19-36(20-18-35)23-12-13-27(32)29(21-23)34-40(38,39)30-15-14-28(25-10-6-7-11-26(25)30)33-31(37)24-9-5-4-8-22(24)2/h4-15,21,34H,3,16-20H2,1-2H3,(H,33,37). The second kappa shape index (κ2) is 11.7. The minimum Gasteiger partial charge on any atom is -0.369 e. The number of amides is 1. The highest BCUT2D eigenvalue weighted by Crippen LogP contribution is 2.32. The first-order valence-corrected chi connectivity index (χ1v) is 14.9. The summed E-state index contributed by atoms with van der Waals surface area (Å²) in [6.45, 7) is 8.45. The van der Waals surface area contributed by atoms with Gasteiger partial charge in [-0.25, -0.2) is 12.8 Å². The number of nitrogens with one attached hydrogen (secondary N) is 2. The number of anilines is 3. The molecule has 0 saturated carbocycles. The minimum absolute atomic E-state index is 0.00465. The van der Waals surface area contributed by atoms with Crippen LogP contribution < -0.4 is 14.9 Å². The molecule has 9 heteroatoms. The van der Waals surface area contributed by atoms with Crippen molar-refractivity contribution in [1.29, 1.82) is 0 Å². The van der Waals surface area contributed by atoms with Gasteiger partial charge >= 0.3 is 0 Å². The molecule has 2 N–H and O–H groups in total. The van der Waals surface area contributed by atoms with Crippen molar-refractivity contribution in [2.45, 2.75) is 25.2 Å². The predicted molar refractivity (Wildman–Crippen MR) is 159 cm³/mol. The Morgan fingerprint density at radius 2 is 1.57 bits per heavy atom. The van der Waals surface area contributed by atoms with E-state index in [1.54, 1.807) is 54.6 Å². The van der Waals surface area contributed by atoms with Gasteiger partial charge in [0.1, 0.15) is 5.82 Å². The molecule has 1 heterocycles. The molecule has 4 aromatic carbocycles. The van der Waals surface area contributed by atoms with Crippen LogP contribution in [-0.2, 0) is 10.0 Å². The number of sulfonamides is 1. The molecular formula is C31H33FN4O3S. The number of hydrogen-bond acceptors (Lipinski definition) is 5. The van der Waals surface area contributed by atoms with E-state index in [4.69, 9.17) is 0 Å². The molecule has 1 saturated heterocycles. The first-order chi connectivity index (χ1) is 19.3. The molecular weight excluding hydrogens is 527 g/mol. The highest BCUT2D eigenvalue weighted by atomic mass is 32.2. The number of fused-ring (bicyclic) bond motifs is 1. The van der Waals surface area contributed by atoms with Crippen molar-refractivity contribution >= 4 is 43.8 Å². The number of hydrogen-bond donors (Lipinski definition) is 2. The summed E-state index contributed by atoms with van der Waals surface area (Å²) in [5.74, 6) is -0.935. The van der Waals surface area contributed by atoms with Gasteiger partial charge in [-0.3, -0.25) is 14.4 Å². The molecule has 0 atom stereocenters. The summed E-state index contributed by atoms with van der Waals surface area (Å²) >= 11 is 0. The average Bonchev–Trinajstić information content (AvgIpc) is 2.95. The lowest BCUT2D eigenvalue weighted by atomic mass is 10.1. The molecule has 5 rings (SSSR count). The Balaban J connectivity index is 1.42. The fourth-order valence-corrected chi connectivity index (χ4v) is 6.44. The topological polar surface area (TPSA) is 81.8 Å². The lowest BCUT2D eigenvalue weighted by molar-refractivity contribution is 0.102. The maximum Gasteiger partial charge on any atom is 0.262 e. The van der Waals surface area contributed by atoms with Gasteiger partial charge in [-0.1, -0.05) is 49.4 Å². The van der Waals surface area contributed by atoms with Crippen molar-refractivity contribution in [3.8, 4) is 0 Å². The van der Waals surface area contributed by atoms with Crippen molar-refractivity contribution in [1.82, 2.24) is 4.90 Å². The van der Waals surface area contributed by atoms with E-state index in [1.165, 1.54) is 12.1 Å². The van der Waals surface area contributed by atoms with Crippen LogP contribution in [0, 0.1) is 12.7 Å². The Kier molecular flexibility index (Phi) is 8.04. The molecule has 1 amide bonds. The van der Waals surface area contributed by atoms with Crippen LogP contribution in [0.3, 0.4) is 0 Å². The van der Waals surface area contributed by atoms with Crippen LogP contribution in [0.25, 0.3) is 10.8 Å². The maximum absolute atomic E-state index is 14.9. The molecule has 0 bridgehead atoms. The van der Waals surface area contributed by atoms with Gasteiger partial charge in [-0.05, 0) is 61.9 Å². The normalized spacial score (nSPS) is 14.3. The Morgan fingerprint density at radius 1 is 0.875 bits per heavy atom. The molecule has 0 spiro atoms. The largest absolute Gasteiger partial charge is 0.369 e. The van der Waals surface area contributed by atoms with E-state index in [0.717, 1.165) is 50.4 Å². The van der Waals surface area contributed by atoms with Crippen LogP contribution in [0.15, 0.2) is 83.8 Å². The van der Waals surface area contributed by atoms with Crippen LogP contribution in [0.2, 0.25) is 0 Å². The molecule has 1 aliphatic heterocycles. The maximum atomic E-state index is 14.9.